The Hall–Kier alpha value is -2.90. The van der Waals surface area contributed by atoms with Crippen molar-refractivity contribution in [3.63, 3.8) is 0 Å². The smallest absolute Gasteiger partial charge is 0.297 e. The van der Waals surface area contributed by atoms with Crippen LogP contribution in [0.25, 0.3) is 6.08 Å². The number of hydroxylamine groups is 4. The molecule has 1 aliphatic heterocycles. The van der Waals surface area contributed by atoms with Crippen LogP contribution in [-0.2, 0) is 9.59 Å². The van der Waals surface area contributed by atoms with Gasteiger partial charge in [0, 0.05) is 0 Å². The van der Waals surface area contributed by atoms with Crippen LogP contribution in [0.2, 0.25) is 0 Å². The highest BCUT2D eigenvalue weighted by Crippen LogP contribution is 2.21. The molecule has 0 bridgehead atoms. The lowest BCUT2D eigenvalue weighted by Crippen LogP contribution is -2.54. The van der Waals surface area contributed by atoms with Crippen LogP contribution in [0.3, 0.4) is 0 Å². The van der Waals surface area contributed by atoms with Crippen molar-refractivity contribution >= 4 is 17.9 Å². The van der Waals surface area contributed by atoms with Crippen molar-refractivity contribution in [3.8, 4) is 5.75 Å². The Balaban J connectivity index is 1.98. The van der Waals surface area contributed by atoms with Gasteiger partial charge in [-0.3, -0.25) is 20.0 Å². The Morgan fingerprint density at radius 2 is 1.76 bits per heavy atom. The molecular weight excluding hydrogens is 372 g/mol. The molecule has 0 aromatic heterocycles. The van der Waals surface area contributed by atoms with Gasteiger partial charge < -0.3 is 4.74 Å². The van der Waals surface area contributed by atoms with E-state index in [4.69, 9.17) is 4.74 Å². The highest BCUT2D eigenvalue weighted by atomic mass is 16.5. The van der Waals surface area contributed by atoms with Crippen molar-refractivity contribution in [2.45, 2.75) is 46.6 Å². The molecule has 2 N–H and O–H groups in total. The monoisotopic (exact) mass is 400 g/mol. The van der Waals surface area contributed by atoms with Crippen LogP contribution in [-0.4, -0.2) is 45.0 Å². The van der Waals surface area contributed by atoms with Crippen molar-refractivity contribution in [1.29, 1.82) is 0 Å². The quantitative estimate of drug-likeness (QED) is 0.411. The molecule has 1 aliphatic rings. The molecule has 7 nitrogen and oxygen atoms in total. The zero-order chi connectivity index (χ0) is 21.6. The van der Waals surface area contributed by atoms with Crippen molar-refractivity contribution in [2.75, 3.05) is 6.61 Å². The van der Waals surface area contributed by atoms with Crippen molar-refractivity contribution in [2.24, 2.45) is 0 Å². The topological polar surface area (TPSA) is 90.3 Å². The number of rotatable bonds is 7. The van der Waals surface area contributed by atoms with Crippen LogP contribution in [0.4, 0.5) is 0 Å². The van der Waals surface area contributed by atoms with Crippen LogP contribution in [0, 0.1) is 0 Å². The van der Waals surface area contributed by atoms with E-state index in [0.717, 1.165) is 12.8 Å². The Bertz CT molecular complexity index is 835. The van der Waals surface area contributed by atoms with E-state index < -0.39 is 17.9 Å². The molecule has 156 valence electrons. The third kappa shape index (κ3) is 6.04. The summed E-state index contributed by atoms with van der Waals surface area (Å²) in [5.74, 6) is -0.983. The second-order valence-electron chi connectivity index (χ2n) is 7.26. The summed E-state index contributed by atoms with van der Waals surface area (Å²) < 4.78 is 5.70. The molecule has 2 rings (SSSR count). The average Bonchev–Trinajstić information content (AvgIpc) is 2.69. The van der Waals surface area contributed by atoms with E-state index in [1.807, 2.05) is 6.08 Å². The number of piperazine rings is 1. The van der Waals surface area contributed by atoms with Crippen molar-refractivity contribution in [1.82, 2.24) is 10.1 Å². The molecule has 0 radical (unpaired) electrons. The van der Waals surface area contributed by atoms with Gasteiger partial charge in [0.1, 0.15) is 24.1 Å². The first-order chi connectivity index (χ1) is 13.7. The largest absolute Gasteiger partial charge is 0.490 e. The first kappa shape index (κ1) is 22.4. The zero-order valence-corrected chi connectivity index (χ0v) is 17.3. The summed E-state index contributed by atoms with van der Waals surface area (Å²) in [5, 5.41) is 20.2. The number of hydrogen-bond donors (Lipinski definition) is 2. The summed E-state index contributed by atoms with van der Waals surface area (Å²) in [5.41, 5.74) is 2.83. The minimum Gasteiger partial charge on any atom is -0.490 e. The van der Waals surface area contributed by atoms with E-state index >= 15 is 0 Å². The Morgan fingerprint density at radius 1 is 1.10 bits per heavy atom. The third-order valence-electron chi connectivity index (χ3n) is 4.54. The lowest BCUT2D eigenvalue weighted by atomic mass is 10.1. The van der Waals surface area contributed by atoms with Crippen LogP contribution >= 0.6 is 0 Å². The van der Waals surface area contributed by atoms with Gasteiger partial charge in [-0.1, -0.05) is 29.4 Å². The normalized spacial score (nSPS) is 19.0. The second kappa shape index (κ2) is 10.0. The molecule has 2 amide bonds. The molecule has 0 spiro atoms. The summed E-state index contributed by atoms with van der Waals surface area (Å²) in [6.07, 6.45) is 7.58. The molecule has 1 aromatic rings. The van der Waals surface area contributed by atoms with Crippen molar-refractivity contribution < 1.29 is 24.7 Å². The molecule has 1 fully saturated rings. The van der Waals surface area contributed by atoms with Gasteiger partial charge in [-0.15, -0.1) is 0 Å². The maximum absolute atomic E-state index is 12.1. The molecule has 0 aliphatic carbocycles. The first-order valence-corrected chi connectivity index (χ1v) is 9.49. The van der Waals surface area contributed by atoms with Crippen LogP contribution in [0.1, 0.15) is 46.1 Å². The Kier molecular flexibility index (Phi) is 7.75. The predicted octanol–water partition coefficient (Wildman–Crippen LogP) is 3.94. The first-order valence-electron chi connectivity index (χ1n) is 9.49. The molecule has 0 saturated carbocycles. The van der Waals surface area contributed by atoms with Gasteiger partial charge in [0.15, 0.2) is 0 Å². The number of carbonyl (C=O) groups excluding carboxylic acids is 2. The van der Waals surface area contributed by atoms with Crippen LogP contribution in [0.15, 0.2) is 53.3 Å². The molecule has 0 unspecified atom stereocenters. The summed E-state index contributed by atoms with van der Waals surface area (Å²) in [6, 6.07) is 5.71. The van der Waals surface area contributed by atoms with Gasteiger partial charge in [0.25, 0.3) is 11.8 Å². The number of hydrogen-bond acceptors (Lipinski definition) is 5. The summed E-state index contributed by atoms with van der Waals surface area (Å²) in [6.45, 7) is 8.02. The van der Waals surface area contributed by atoms with Crippen molar-refractivity contribution in [3.05, 3.63) is 58.8 Å². The van der Waals surface area contributed by atoms with Gasteiger partial charge in [-0.25, -0.2) is 5.06 Å². The molecule has 29 heavy (non-hydrogen) atoms. The maximum Gasteiger partial charge on any atom is 0.297 e. The van der Waals surface area contributed by atoms with Gasteiger partial charge >= 0.3 is 0 Å². The fourth-order valence-corrected chi connectivity index (χ4v) is 2.70. The number of amides is 2. The average molecular weight is 400 g/mol. The molecule has 1 atom stereocenters. The fraction of sp³-hybridized carbons (Fsp3) is 0.364. The van der Waals surface area contributed by atoms with E-state index in [0.29, 0.717) is 23.0 Å². The number of benzene rings is 1. The lowest BCUT2D eigenvalue weighted by molar-refractivity contribution is -0.205. The molecule has 7 heteroatoms. The maximum atomic E-state index is 12.1. The minimum absolute atomic E-state index is 0.271. The van der Waals surface area contributed by atoms with E-state index in [9.17, 15) is 20.0 Å². The van der Waals surface area contributed by atoms with Gasteiger partial charge in [0.05, 0.1) is 0 Å². The second-order valence-corrected chi connectivity index (χ2v) is 7.26. The number of carbonyl (C=O) groups is 2. The predicted molar refractivity (Wildman–Crippen MR) is 109 cm³/mol. The molecule has 1 saturated heterocycles. The SMILES string of the molecule is CC(C)=CCC/C(C)=C\COc1ccc(/C=C2/C(=O)N(O)[C@H](C)C(=O)N2O)cc1. The summed E-state index contributed by atoms with van der Waals surface area (Å²) in [4.78, 5) is 24.0. The number of nitrogens with zero attached hydrogens (tertiary/aromatic N) is 2. The Morgan fingerprint density at radius 3 is 2.38 bits per heavy atom. The lowest BCUT2D eigenvalue weighted by Gasteiger charge is -2.32. The highest BCUT2D eigenvalue weighted by Gasteiger charge is 2.39. The van der Waals surface area contributed by atoms with Gasteiger partial charge in [-0.2, -0.15) is 5.06 Å². The highest BCUT2D eigenvalue weighted by molar-refractivity contribution is 6.05. The summed E-state index contributed by atoms with van der Waals surface area (Å²) >= 11 is 0. The third-order valence-corrected chi connectivity index (χ3v) is 4.54. The van der Waals surface area contributed by atoms with Crippen LogP contribution in [0.5, 0.6) is 5.75 Å². The van der Waals surface area contributed by atoms with E-state index in [-0.39, 0.29) is 10.8 Å². The molecular formula is C22H28N2O5. The van der Waals surface area contributed by atoms with E-state index in [1.54, 1.807) is 24.3 Å². The van der Waals surface area contributed by atoms with E-state index in [1.165, 1.54) is 24.1 Å². The zero-order valence-electron chi connectivity index (χ0n) is 17.3. The number of ether oxygens (including phenoxy) is 1. The number of allylic oxidation sites excluding steroid dienone is 3. The summed E-state index contributed by atoms with van der Waals surface area (Å²) in [7, 11) is 0. The van der Waals surface area contributed by atoms with E-state index in [2.05, 4.69) is 26.8 Å². The molecule has 1 aromatic carbocycles. The molecule has 1 heterocycles. The minimum atomic E-state index is -1.14. The van der Waals surface area contributed by atoms with Crippen LogP contribution < -0.4 is 4.74 Å². The van der Waals surface area contributed by atoms with Gasteiger partial charge in [0.2, 0.25) is 0 Å². The standard InChI is InChI=1S/C22H28N2O5/c1-15(2)6-5-7-16(3)12-13-29-19-10-8-18(9-11-19)14-20-22(26)23(27)17(4)21(25)24(20)28/h6,8-12,14,17,27-28H,5,7,13H2,1-4H3/b16-12-,20-14-/t17-/m1/s1. The fourth-order valence-electron chi connectivity index (χ4n) is 2.70. The Labute approximate surface area is 171 Å². The van der Waals surface area contributed by atoms with Gasteiger partial charge in [-0.05, 0) is 70.4 Å².